The zero-order chi connectivity index (χ0) is 15.2. The molecular weight excluding hydrogens is 288 g/mol. The topological polar surface area (TPSA) is 44.2 Å². The smallest absolute Gasteiger partial charge is 0.221 e. The van der Waals surface area contributed by atoms with E-state index in [0.717, 1.165) is 35.5 Å². The van der Waals surface area contributed by atoms with Crippen LogP contribution in [0.25, 0.3) is 0 Å². The van der Waals surface area contributed by atoms with Crippen molar-refractivity contribution in [2.24, 2.45) is 0 Å². The van der Waals surface area contributed by atoms with Gasteiger partial charge in [-0.2, -0.15) is 4.98 Å². The molecule has 0 fully saturated rings. The highest BCUT2D eigenvalue weighted by molar-refractivity contribution is 6.30. The number of methoxy groups -OCH3 is 1. The number of aromatic nitrogens is 2. The molecule has 0 amide bonds. The van der Waals surface area contributed by atoms with Crippen molar-refractivity contribution in [1.29, 1.82) is 0 Å². The molecule has 112 valence electrons. The second-order valence-corrected chi connectivity index (χ2v) is 5.11. The summed E-state index contributed by atoms with van der Waals surface area (Å²) in [6.07, 6.45) is 1.76. The van der Waals surface area contributed by atoms with Gasteiger partial charge in [-0.1, -0.05) is 30.7 Å². The summed E-state index contributed by atoms with van der Waals surface area (Å²) in [6, 6.07) is 7.73. The van der Waals surface area contributed by atoms with Gasteiger partial charge in [0.2, 0.25) is 5.88 Å². The first-order valence-electron chi connectivity index (χ1n) is 6.92. The minimum Gasteiger partial charge on any atom is -0.497 e. The first-order valence-corrected chi connectivity index (χ1v) is 7.30. The molecule has 1 aromatic heterocycles. The van der Waals surface area contributed by atoms with Gasteiger partial charge in [-0.15, -0.1) is 0 Å². The van der Waals surface area contributed by atoms with Crippen LogP contribution in [-0.4, -0.2) is 17.1 Å². The Hall–Kier alpha value is -1.81. The van der Waals surface area contributed by atoms with Crippen LogP contribution in [-0.2, 0) is 13.0 Å². The van der Waals surface area contributed by atoms with E-state index in [0.29, 0.717) is 17.6 Å². The van der Waals surface area contributed by atoms with Crippen molar-refractivity contribution in [3.05, 3.63) is 46.4 Å². The van der Waals surface area contributed by atoms with Crippen molar-refractivity contribution in [1.82, 2.24) is 9.97 Å². The van der Waals surface area contributed by atoms with Gasteiger partial charge in [0, 0.05) is 12.0 Å². The summed E-state index contributed by atoms with van der Waals surface area (Å²) in [5.41, 5.74) is 1.81. The van der Waals surface area contributed by atoms with Crippen LogP contribution in [0.5, 0.6) is 11.6 Å². The van der Waals surface area contributed by atoms with Crippen LogP contribution in [0.3, 0.4) is 0 Å². The highest BCUT2D eigenvalue weighted by Gasteiger charge is 2.10. The van der Waals surface area contributed by atoms with Crippen LogP contribution in [0.2, 0.25) is 5.15 Å². The minimum atomic E-state index is 0.434. The van der Waals surface area contributed by atoms with Gasteiger partial charge in [0.15, 0.2) is 0 Å². The lowest BCUT2D eigenvalue weighted by molar-refractivity contribution is 0.289. The summed E-state index contributed by atoms with van der Waals surface area (Å²) in [5, 5.41) is 0.457. The van der Waals surface area contributed by atoms with E-state index in [4.69, 9.17) is 21.1 Å². The van der Waals surface area contributed by atoms with E-state index < -0.39 is 0 Å². The number of ether oxygens (including phenoxy) is 2. The molecule has 0 atom stereocenters. The van der Waals surface area contributed by atoms with Crippen LogP contribution in [0.4, 0.5) is 0 Å². The number of nitrogens with zero attached hydrogens (tertiary/aromatic N) is 2. The average Bonchev–Trinajstić information content (AvgIpc) is 2.50. The van der Waals surface area contributed by atoms with E-state index in [2.05, 4.69) is 16.9 Å². The second-order valence-electron chi connectivity index (χ2n) is 4.75. The molecule has 0 aliphatic heterocycles. The van der Waals surface area contributed by atoms with Crippen molar-refractivity contribution in [3.8, 4) is 11.6 Å². The molecule has 1 heterocycles. The van der Waals surface area contributed by atoms with Crippen molar-refractivity contribution < 1.29 is 9.47 Å². The van der Waals surface area contributed by atoms with E-state index in [1.54, 1.807) is 7.11 Å². The Labute approximate surface area is 130 Å². The Kier molecular flexibility index (Phi) is 5.39. The summed E-state index contributed by atoms with van der Waals surface area (Å²) < 4.78 is 10.9. The third-order valence-electron chi connectivity index (χ3n) is 3.10. The van der Waals surface area contributed by atoms with E-state index >= 15 is 0 Å². The SMILES string of the molecule is CCCc1nc(Cl)c(C)c(OCc2ccc(OC)cc2)n1. The van der Waals surface area contributed by atoms with E-state index in [1.165, 1.54) is 0 Å². The lowest BCUT2D eigenvalue weighted by Crippen LogP contribution is -2.04. The molecule has 0 N–H and O–H groups in total. The first kappa shape index (κ1) is 15.6. The van der Waals surface area contributed by atoms with Crippen LogP contribution in [0.1, 0.15) is 30.3 Å². The molecule has 0 saturated carbocycles. The fraction of sp³-hybridized carbons (Fsp3) is 0.375. The largest absolute Gasteiger partial charge is 0.497 e. The van der Waals surface area contributed by atoms with Gasteiger partial charge in [0.05, 0.1) is 7.11 Å². The second kappa shape index (κ2) is 7.27. The summed E-state index contributed by atoms with van der Waals surface area (Å²) in [7, 11) is 1.65. The molecule has 0 unspecified atom stereocenters. The molecule has 0 saturated heterocycles. The quantitative estimate of drug-likeness (QED) is 0.757. The predicted molar refractivity (Wildman–Crippen MR) is 83.1 cm³/mol. The summed E-state index contributed by atoms with van der Waals surface area (Å²) in [6.45, 7) is 4.38. The van der Waals surface area contributed by atoms with E-state index in [1.807, 2.05) is 31.2 Å². The lowest BCUT2D eigenvalue weighted by Gasteiger charge is -2.11. The number of hydrogen-bond donors (Lipinski definition) is 0. The van der Waals surface area contributed by atoms with Gasteiger partial charge in [0.1, 0.15) is 23.3 Å². The molecule has 2 rings (SSSR count). The van der Waals surface area contributed by atoms with Gasteiger partial charge >= 0.3 is 0 Å². The van der Waals surface area contributed by atoms with Crippen molar-refractivity contribution in [2.45, 2.75) is 33.3 Å². The highest BCUT2D eigenvalue weighted by atomic mass is 35.5. The van der Waals surface area contributed by atoms with Crippen LogP contribution in [0.15, 0.2) is 24.3 Å². The molecule has 1 aromatic carbocycles. The molecule has 0 radical (unpaired) electrons. The van der Waals surface area contributed by atoms with Crippen molar-refractivity contribution >= 4 is 11.6 Å². The third-order valence-corrected chi connectivity index (χ3v) is 3.46. The van der Waals surface area contributed by atoms with E-state index in [9.17, 15) is 0 Å². The Morgan fingerprint density at radius 3 is 2.48 bits per heavy atom. The van der Waals surface area contributed by atoms with E-state index in [-0.39, 0.29) is 0 Å². The van der Waals surface area contributed by atoms with Gasteiger partial charge in [-0.3, -0.25) is 0 Å². The van der Waals surface area contributed by atoms with Crippen LogP contribution < -0.4 is 9.47 Å². The summed E-state index contributed by atoms with van der Waals surface area (Å²) >= 11 is 6.13. The standard InChI is InChI=1S/C16H19ClN2O2/c1-4-5-14-18-15(17)11(2)16(19-14)21-10-12-6-8-13(20-3)9-7-12/h6-9H,4-5,10H2,1-3H3. The maximum Gasteiger partial charge on any atom is 0.221 e. The van der Waals surface area contributed by atoms with Crippen LogP contribution >= 0.6 is 11.6 Å². The number of aryl methyl sites for hydroxylation is 1. The molecule has 2 aromatic rings. The molecular formula is C16H19ClN2O2. The van der Waals surface area contributed by atoms with Gasteiger partial charge in [-0.25, -0.2) is 4.98 Å². The summed E-state index contributed by atoms with van der Waals surface area (Å²) in [4.78, 5) is 8.69. The maximum absolute atomic E-state index is 6.13. The molecule has 5 heteroatoms. The number of halogens is 1. The fourth-order valence-corrected chi connectivity index (χ4v) is 2.04. The Morgan fingerprint density at radius 2 is 1.86 bits per heavy atom. The van der Waals surface area contributed by atoms with Gasteiger partial charge in [0.25, 0.3) is 0 Å². The molecule has 0 bridgehead atoms. The Morgan fingerprint density at radius 1 is 1.14 bits per heavy atom. The summed E-state index contributed by atoms with van der Waals surface area (Å²) in [5.74, 6) is 2.09. The van der Waals surface area contributed by atoms with Crippen molar-refractivity contribution in [2.75, 3.05) is 7.11 Å². The number of hydrogen-bond acceptors (Lipinski definition) is 4. The van der Waals surface area contributed by atoms with Gasteiger partial charge in [-0.05, 0) is 31.0 Å². The minimum absolute atomic E-state index is 0.434. The van der Waals surface area contributed by atoms with Crippen LogP contribution in [0, 0.1) is 6.92 Å². The molecule has 0 aliphatic rings. The zero-order valence-electron chi connectivity index (χ0n) is 12.5. The average molecular weight is 307 g/mol. The fourth-order valence-electron chi connectivity index (χ4n) is 1.86. The number of rotatable bonds is 6. The third kappa shape index (κ3) is 4.08. The molecule has 0 aliphatic carbocycles. The Bertz CT molecular complexity index is 600. The first-order chi connectivity index (χ1) is 10.1. The normalized spacial score (nSPS) is 10.5. The predicted octanol–water partition coefficient (Wildman–Crippen LogP) is 3.98. The van der Waals surface area contributed by atoms with Crippen molar-refractivity contribution in [3.63, 3.8) is 0 Å². The lowest BCUT2D eigenvalue weighted by atomic mass is 10.2. The molecule has 0 spiro atoms. The number of benzene rings is 1. The zero-order valence-corrected chi connectivity index (χ0v) is 13.3. The molecule has 4 nitrogen and oxygen atoms in total. The van der Waals surface area contributed by atoms with Gasteiger partial charge < -0.3 is 9.47 Å². The Balaban J connectivity index is 2.11. The highest BCUT2D eigenvalue weighted by Crippen LogP contribution is 2.23. The monoisotopic (exact) mass is 306 g/mol. The molecule has 21 heavy (non-hydrogen) atoms. The maximum atomic E-state index is 6.13.